The second-order valence-electron chi connectivity index (χ2n) is 25.6. The Morgan fingerprint density at radius 2 is 0.625 bits per heavy atom. The molecule has 0 amide bonds. The number of hydrogen-bond acceptors (Lipinski definition) is 6. The largest absolute Gasteiger partial charge is 0.454 e. The number of hydrogen-bond donors (Lipinski definition) is 0. The van der Waals surface area contributed by atoms with Crippen LogP contribution in [0.2, 0.25) is 0 Å². The van der Waals surface area contributed by atoms with Crippen LogP contribution in [-0.4, -0.2) is 0 Å². The molecule has 88 heavy (non-hydrogen) atoms. The van der Waals surface area contributed by atoms with Crippen molar-refractivity contribution in [1.29, 1.82) is 0 Å². The Morgan fingerprint density at radius 1 is 0.261 bits per heavy atom. The highest BCUT2D eigenvalue weighted by Gasteiger charge is 2.30. The van der Waals surface area contributed by atoms with E-state index in [9.17, 15) is 0 Å². The summed E-state index contributed by atoms with van der Waals surface area (Å²) in [6.07, 6.45) is 0. The van der Waals surface area contributed by atoms with Crippen molar-refractivity contribution in [1.82, 2.24) is 0 Å². The van der Waals surface area contributed by atoms with Gasteiger partial charge in [-0.3, -0.25) is 0 Å². The van der Waals surface area contributed by atoms with E-state index in [0.717, 1.165) is 155 Å². The summed E-state index contributed by atoms with van der Waals surface area (Å²) in [6.45, 7) is 13.5. The molecule has 17 aromatic rings. The topological polar surface area (TPSA) is 59.0 Å². The van der Waals surface area contributed by atoms with Crippen molar-refractivity contribution in [2.45, 2.75) is 52.4 Å². The van der Waals surface area contributed by atoms with Gasteiger partial charge in [0.05, 0.1) is 11.4 Å². The molecule has 13 aromatic carbocycles. The Morgan fingerprint density at radius 3 is 1.01 bits per heavy atom. The normalized spacial score (nSPS) is 12.4. The number of para-hydroxylation sites is 6. The van der Waals surface area contributed by atoms with E-state index in [1.54, 1.807) is 0 Å². The number of furan rings is 4. The van der Waals surface area contributed by atoms with E-state index in [1.807, 2.05) is 0 Å². The predicted octanol–water partition coefficient (Wildman–Crippen LogP) is 24.5. The monoisotopic (exact) mass is 1140 g/mol. The molecule has 0 saturated heterocycles. The van der Waals surface area contributed by atoms with Crippen LogP contribution in [0.1, 0.15) is 52.7 Å². The Labute approximate surface area is 508 Å². The summed E-state index contributed by atoms with van der Waals surface area (Å²) < 4.78 is 28.7. The van der Waals surface area contributed by atoms with E-state index in [4.69, 9.17) is 17.7 Å². The van der Waals surface area contributed by atoms with Crippen molar-refractivity contribution in [3.8, 4) is 22.3 Å². The molecule has 6 heteroatoms. The molecule has 17 rings (SSSR count). The van der Waals surface area contributed by atoms with E-state index in [-0.39, 0.29) is 10.8 Å². The number of nitrogens with zero attached hydrogens (tertiary/aromatic N) is 2. The number of benzene rings is 13. The maximum absolute atomic E-state index is 7.35. The Kier molecular flexibility index (Phi) is 11.3. The van der Waals surface area contributed by atoms with Gasteiger partial charge in [-0.25, -0.2) is 0 Å². The quantitative estimate of drug-likeness (QED) is 0.151. The third kappa shape index (κ3) is 8.02. The van der Waals surface area contributed by atoms with Crippen LogP contribution >= 0.6 is 0 Å². The first-order chi connectivity index (χ1) is 42.9. The zero-order valence-electron chi connectivity index (χ0n) is 49.8. The summed E-state index contributed by atoms with van der Waals surface area (Å²) in [7, 11) is 0. The second kappa shape index (κ2) is 19.3. The van der Waals surface area contributed by atoms with Crippen LogP contribution in [-0.2, 0) is 10.8 Å². The lowest BCUT2D eigenvalue weighted by atomic mass is 9.86. The van der Waals surface area contributed by atoms with E-state index in [0.29, 0.717) is 11.2 Å². The van der Waals surface area contributed by atoms with Crippen molar-refractivity contribution < 1.29 is 17.7 Å². The first-order valence-corrected chi connectivity index (χ1v) is 30.4. The van der Waals surface area contributed by atoms with Crippen molar-refractivity contribution in [2.75, 3.05) is 9.80 Å². The van der Waals surface area contributed by atoms with E-state index in [1.165, 1.54) is 11.1 Å². The average molecular weight is 1140 g/mol. The van der Waals surface area contributed by atoms with E-state index < -0.39 is 0 Å². The summed E-state index contributed by atoms with van der Waals surface area (Å²) >= 11 is 0. The third-order valence-electron chi connectivity index (χ3n) is 18.0. The molecule has 0 saturated carbocycles. The summed E-state index contributed by atoms with van der Waals surface area (Å²) in [5, 5.41) is 12.7. The molecular formula is C82H60N2O4. The van der Waals surface area contributed by atoms with Crippen molar-refractivity contribution in [3.05, 3.63) is 266 Å². The molecule has 0 radical (unpaired) electrons. The van der Waals surface area contributed by atoms with Gasteiger partial charge in [-0.2, -0.15) is 0 Å². The van der Waals surface area contributed by atoms with Gasteiger partial charge in [0.2, 0.25) is 0 Å². The van der Waals surface area contributed by atoms with Crippen molar-refractivity contribution in [3.63, 3.8) is 0 Å². The first kappa shape index (κ1) is 51.6. The van der Waals surface area contributed by atoms with Crippen LogP contribution < -0.4 is 9.80 Å². The van der Waals surface area contributed by atoms with Gasteiger partial charge in [0.25, 0.3) is 0 Å². The molecule has 422 valence electrons. The molecule has 6 nitrogen and oxygen atoms in total. The van der Waals surface area contributed by atoms with Crippen LogP contribution in [0.25, 0.3) is 132 Å². The number of fused-ring (bicyclic) bond motifs is 15. The molecule has 0 N–H and O–H groups in total. The molecule has 0 bridgehead atoms. The molecule has 0 aliphatic heterocycles. The fraction of sp³-hybridized carbons (Fsp3) is 0.0976. The lowest BCUT2D eigenvalue weighted by Gasteiger charge is -2.26. The Bertz CT molecular complexity index is 5290. The van der Waals surface area contributed by atoms with Gasteiger partial charge in [-0.15, -0.1) is 0 Å². The van der Waals surface area contributed by atoms with Crippen molar-refractivity contribution >= 4 is 143 Å². The predicted molar refractivity (Wildman–Crippen MR) is 368 cm³/mol. The maximum atomic E-state index is 7.35. The maximum Gasteiger partial charge on any atom is 0.179 e. The summed E-state index contributed by atoms with van der Waals surface area (Å²) in [5.41, 5.74) is 19.0. The zero-order valence-corrected chi connectivity index (χ0v) is 49.8. The van der Waals surface area contributed by atoms with Gasteiger partial charge in [-0.1, -0.05) is 211 Å². The molecule has 0 unspecified atom stereocenters. The highest BCUT2D eigenvalue weighted by Crippen LogP contribution is 2.53. The highest BCUT2D eigenvalue weighted by atomic mass is 16.4. The van der Waals surface area contributed by atoms with Gasteiger partial charge < -0.3 is 27.5 Å². The van der Waals surface area contributed by atoms with Gasteiger partial charge in [0.15, 0.2) is 22.3 Å². The molecule has 4 heterocycles. The van der Waals surface area contributed by atoms with Crippen LogP contribution in [0.5, 0.6) is 0 Å². The molecule has 0 fully saturated rings. The van der Waals surface area contributed by atoms with Crippen LogP contribution in [0, 0.1) is 0 Å². The van der Waals surface area contributed by atoms with Crippen LogP contribution in [0.3, 0.4) is 0 Å². The fourth-order valence-corrected chi connectivity index (χ4v) is 13.9. The van der Waals surface area contributed by atoms with E-state index in [2.05, 4.69) is 306 Å². The summed E-state index contributed by atoms with van der Waals surface area (Å²) in [5.74, 6) is 0. The fourth-order valence-electron chi connectivity index (χ4n) is 13.9. The lowest BCUT2D eigenvalue weighted by molar-refractivity contribution is 0.572. The van der Waals surface area contributed by atoms with Crippen LogP contribution in [0.4, 0.5) is 34.1 Å². The third-order valence-corrected chi connectivity index (χ3v) is 18.0. The summed E-state index contributed by atoms with van der Waals surface area (Å²) in [6, 6.07) is 91.3. The first-order valence-electron chi connectivity index (χ1n) is 30.4. The molecule has 0 atom stereocenters. The van der Waals surface area contributed by atoms with Gasteiger partial charge in [0.1, 0.15) is 22.3 Å². The minimum absolute atomic E-state index is 0.105. The average Bonchev–Trinajstić information content (AvgIpc) is 1.56. The SMILES string of the molecule is CC(C)(C)c1cccc2c1oc1c(N(c3ccccc3)c3ccc4cc5c(cc4c3)oc3c4oc6cc7cc(N(c8ccccc8)c8cccc9c8oc8c(C(C)(C)C)cccc89)ccc7cc6c4c(-c4ccccc4)c(-c4ccccc4)c53)cccc12. The molecule has 0 aliphatic rings. The number of rotatable bonds is 8. The Balaban J connectivity index is 0.877. The van der Waals surface area contributed by atoms with Gasteiger partial charge in [0, 0.05) is 88.1 Å². The molecule has 0 aliphatic carbocycles. The highest BCUT2D eigenvalue weighted by molar-refractivity contribution is 6.31. The molecular weight excluding hydrogens is 1080 g/mol. The minimum atomic E-state index is -0.105. The smallest absolute Gasteiger partial charge is 0.179 e. The second-order valence-corrected chi connectivity index (χ2v) is 25.6. The van der Waals surface area contributed by atoms with Crippen molar-refractivity contribution in [2.24, 2.45) is 0 Å². The van der Waals surface area contributed by atoms with E-state index >= 15 is 0 Å². The molecule has 4 aromatic heterocycles. The zero-order chi connectivity index (χ0) is 59.2. The van der Waals surface area contributed by atoms with Gasteiger partial charge in [-0.05, 0) is 128 Å². The summed E-state index contributed by atoms with van der Waals surface area (Å²) in [4.78, 5) is 4.63. The Hall–Kier alpha value is -10.8. The van der Waals surface area contributed by atoms with Gasteiger partial charge >= 0.3 is 0 Å². The molecule has 0 spiro atoms. The minimum Gasteiger partial charge on any atom is -0.454 e. The van der Waals surface area contributed by atoms with Crippen LogP contribution in [0.15, 0.2) is 272 Å². The standard InChI is InChI=1S/C82H60N2O4/c1-81(2,3)65-35-19-31-59-61-33-21-37-67(77(61)87-75(59)65)83(55-27-15-9-16-28-55)57-41-39-51-45-63-69(47-53(51)43-57)85-79-73(63)71(49-23-11-7-12-24-49)72(50-25-13-8-14-26-50)74-64-46-52-40-42-58(44-54(52)48-70(64)86-80(74)79)84(56-29-17-10-18-30-56)68-38-22-34-62-60-32-20-36-66(82(4,5)6)76(60)88-78(62)68/h7-48H,1-6H3. The number of anilines is 6. The lowest BCUT2D eigenvalue weighted by Crippen LogP contribution is -2.11.